The van der Waals surface area contributed by atoms with Gasteiger partial charge in [0.2, 0.25) is 0 Å². The molecule has 0 radical (unpaired) electrons. The largest absolute Gasteiger partial charge is 0.319 e. The van der Waals surface area contributed by atoms with Crippen molar-refractivity contribution in [2.45, 2.75) is 6.43 Å². The number of halogens is 5. The summed E-state index contributed by atoms with van der Waals surface area (Å²) >= 11 is 17.8. The molecule has 4 nitrogen and oxygen atoms in total. The van der Waals surface area contributed by atoms with E-state index in [1.54, 1.807) is 24.3 Å². The van der Waals surface area contributed by atoms with Gasteiger partial charge in [-0.25, -0.2) is 13.5 Å². The molecule has 0 saturated carbocycles. The quantitative estimate of drug-likeness (QED) is 0.565. The first-order valence-corrected chi connectivity index (χ1v) is 8.39. The van der Waals surface area contributed by atoms with Gasteiger partial charge in [-0.05, 0) is 36.4 Å². The number of amides is 1. The molecule has 2 aromatic carbocycles. The van der Waals surface area contributed by atoms with E-state index in [4.69, 9.17) is 34.8 Å². The second kappa shape index (κ2) is 7.61. The molecule has 0 aliphatic rings. The number of carbonyl (C=O) groups is 1. The normalized spacial score (nSPS) is 11.0. The van der Waals surface area contributed by atoms with E-state index in [2.05, 4.69) is 10.4 Å². The second-order valence-corrected chi connectivity index (χ2v) is 6.42. The third-order valence-electron chi connectivity index (χ3n) is 3.46. The van der Waals surface area contributed by atoms with Crippen LogP contribution in [0.1, 0.15) is 22.6 Å². The Morgan fingerprint density at radius 3 is 2.38 bits per heavy atom. The lowest BCUT2D eigenvalue weighted by Crippen LogP contribution is -2.13. The molecular weight excluding hydrogens is 407 g/mol. The highest BCUT2D eigenvalue weighted by atomic mass is 35.5. The maximum Gasteiger partial charge on any atom is 0.280 e. The molecule has 1 aromatic heterocycles. The van der Waals surface area contributed by atoms with Gasteiger partial charge in [0, 0.05) is 0 Å². The molecule has 1 heterocycles. The van der Waals surface area contributed by atoms with E-state index in [0.717, 1.165) is 10.7 Å². The molecule has 0 aliphatic heterocycles. The lowest BCUT2D eigenvalue weighted by atomic mass is 10.3. The van der Waals surface area contributed by atoms with E-state index in [1.165, 1.54) is 18.2 Å². The monoisotopic (exact) mass is 415 g/mol. The minimum Gasteiger partial charge on any atom is -0.319 e. The summed E-state index contributed by atoms with van der Waals surface area (Å²) in [5, 5.41) is 7.29. The molecule has 26 heavy (non-hydrogen) atoms. The topological polar surface area (TPSA) is 46.9 Å². The van der Waals surface area contributed by atoms with Crippen LogP contribution >= 0.6 is 34.8 Å². The molecule has 3 aromatic rings. The van der Waals surface area contributed by atoms with Gasteiger partial charge in [0.1, 0.15) is 5.69 Å². The van der Waals surface area contributed by atoms with Crippen molar-refractivity contribution in [1.82, 2.24) is 9.78 Å². The fourth-order valence-electron chi connectivity index (χ4n) is 2.23. The summed E-state index contributed by atoms with van der Waals surface area (Å²) in [6.07, 6.45) is -2.85. The van der Waals surface area contributed by atoms with Gasteiger partial charge in [-0.2, -0.15) is 5.10 Å². The summed E-state index contributed by atoms with van der Waals surface area (Å²) in [4.78, 5) is 12.4. The number of nitrogens with zero attached hydrogens (tertiary/aromatic N) is 2. The maximum atomic E-state index is 13.4. The average molecular weight is 417 g/mol. The highest BCUT2D eigenvalue weighted by Gasteiger charge is 2.22. The van der Waals surface area contributed by atoms with Crippen LogP contribution in [0.5, 0.6) is 0 Å². The SMILES string of the molecule is O=C(Nc1ccccc1Cl)c1cc(C(F)F)n(-c2ccc(Cl)c(Cl)c2)n1. The maximum absolute atomic E-state index is 13.4. The van der Waals surface area contributed by atoms with Gasteiger partial charge in [-0.1, -0.05) is 46.9 Å². The molecule has 1 amide bonds. The Balaban J connectivity index is 1.98. The first-order valence-electron chi connectivity index (χ1n) is 7.26. The van der Waals surface area contributed by atoms with Crippen molar-refractivity contribution in [2.24, 2.45) is 0 Å². The molecule has 0 fully saturated rings. The van der Waals surface area contributed by atoms with Crippen molar-refractivity contribution in [1.29, 1.82) is 0 Å². The number of rotatable bonds is 4. The zero-order valence-corrected chi connectivity index (χ0v) is 15.2. The van der Waals surface area contributed by atoms with Crippen LogP contribution in [0, 0.1) is 0 Å². The molecular formula is C17H10Cl3F2N3O. The molecule has 0 unspecified atom stereocenters. The Bertz CT molecular complexity index is 976. The van der Waals surface area contributed by atoms with Gasteiger partial charge in [0.15, 0.2) is 5.69 Å². The van der Waals surface area contributed by atoms with Crippen molar-refractivity contribution in [3.05, 3.63) is 75.0 Å². The lowest BCUT2D eigenvalue weighted by molar-refractivity contribution is 0.102. The van der Waals surface area contributed by atoms with Crippen molar-refractivity contribution >= 4 is 46.4 Å². The molecule has 134 valence electrons. The van der Waals surface area contributed by atoms with Crippen LogP contribution in [0.15, 0.2) is 48.5 Å². The first-order chi connectivity index (χ1) is 12.4. The minimum absolute atomic E-state index is 0.182. The highest BCUT2D eigenvalue weighted by Crippen LogP contribution is 2.28. The first kappa shape index (κ1) is 18.6. The lowest BCUT2D eigenvalue weighted by Gasteiger charge is -2.07. The van der Waals surface area contributed by atoms with Gasteiger partial charge in [0.05, 0.1) is 26.4 Å². The van der Waals surface area contributed by atoms with Crippen LogP contribution in [-0.4, -0.2) is 15.7 Å². The van der Waals surface area contributed by atoms with Crippen LogP contribution in [0.4, 0.5) is 14.5 Å². The van der Waals surface area contributed by atoms with Crippen molar-refractivity contribution in [2.75, 3.05) is 5.32 Å². The highest BCUT2D eigenvalue weighted by molar-refractivity contribution is 6.42. The fourth-order valence-corrected chi connectivity index (χ4v) is 2.71. The summed E-state index contributed by atoms with van der Waals surface area (Å²) in [6, 6.07) is 11.9. The van der Waals surface area contributed by atoms with E-state index in [-0.39, 0.29) is 21.4 Å². The standard InChI is InChI=1S/C17H10Cl3F2N3O/c18-10-6-5-9(7-12(10)20)25-15(16(21)22)8-14(24-25)17(26)23-13-4-2-1-3-11(13)19/h1-8,16H,(H,23,26). The van der Waals surface area contributed by atoms with E-state index in [0.29, 0.717) is 10.7 Å². The Hall–Kier alpha value is -2.15. The van der Waals surface area contributed by atoms with Crippen LogP contribution < -0.4 is 5.32 Å². The summed E-state index contributed by atoms with van der Waals surface area (Å²) in [6.45, 7) is 0. The van der Waals surface area contributed by atoms with Gasteiger partial charge in [-0.15, -0.1) is 0 Å². The Labute approximate surface area is 162 Å². The number of benzene rings is 2. The van der Waals surface area contributed by atoms with Crippen molar-refractivity contribution in [3.63, 3.8) is 0 Å². The average Bonchev–Trinajstić information content (AvgIpc) is 3.05. The number of hydrogen-bond acceptors (Lipinski definition) is 2. The summed E-state index contributed by atoms with van der Waals surface area (Å²) in [5.41, 5.74) is -0.0349. The van der Waals surface area contributed by atoms with E-state index < -0.39 is 18.0 Å². The predicted molar refractivity (Wildman–Crippen MR) is 97.9 cm³/mol. The van der Waals surface area contributed by atoms with Crippen LogP contribution in [0.3, 0.4) is 0 Å². The Kier molecular flexibility index (Phi) is 5.46. The number of carbonyl (C=O) groups excluding carboxylic acids is 1. The summed E-state index contributed by atoms with van der Waals surface area (Å²) in [7, 11) is 0. The molecule has 0 aliphatic carbocycles. The van der Waals surface area contributed by atoms with Crippen LogP contribution in [-0.2, 0) is 0 Å². The van der Waals surface area contributed by atoms with Crippen LogP contribution in [0.2, 0.25) is 15.1 Å². The number of nitrogens with one attached hydrogen (secondary N) is 1. The fraction of sp³-hybridized carbons (Fsp3) is 0.0588. The molecule has 0 saturated heterocycles. The van der Waals surface area contributed by atoms with E-state index >= 15 is 0 Å². The van der Waals surface area contributed by atoms with Crippen molar-refractivity contribution in [3.8, 4) is 5.69 Å². The molecule has 9 heteroatoms. The van der Waals surface area contributed by atoms with Gasteiger partial charge < -0.3 is 5.32 Å². The second-order valence-electron chi connectivity index (χ2n) is 5.20. The predicted octanol–water partition coefficient (Wildman–Crippen LogP) is 6.02. The van der Waals surface area contributed by atoms with E-state index in [1.807, 2.05) is 0 Å². The molecule has 1 N–H and O–H groups in total. The Morgan fingerprint density at radius 2 is 1.73 bits per heavy atom. The summed E-state index contributed by atoms with van der Waals surface area (Å²) < 4.78 is 27.7. The number of hydrogen-bond donors (Lipinski definition) is 1. The zero-order chi connectivity index (χ0) is 18.8. The third kappa shape index (κ3) is 3.82. The smallest absolute Gasteiger partial charge is 0.280 e. The van der Waals surface area contributed by atoms with Gasteiger partial charge in [-0.3, -0.25) is 4.79 Å². The molecule has 0 atom stereocenters. The van der Waals surface area contributed by atoms with Gasteiger partial charge in [0.25, 0.3) is 12.3 Å². The third-order valence-corrected chi connectivity index (χ3v) is 4.53. The van der Waals surface area contributed by atoms with Crippen LogP contribution in [0.25, 0.3) is 5.69 Å². The molecule has 0 bridgehead atoms. The molecule has 0 spiro atoms. The minimum atomic E-state index is -2.85. The molecule has 3 rings (SSSR count). The number of anilines is 1. The summed E-state index contributed by atoms with van der Waals surface area (Å²) in [5.74, 6) is -0.668. The van der Waals surface area contributed by atoms with Crippen molar-refractivity contribution < 1.29 is 13.6 Å². The zero-order valence-electron chi connectivity index (χ0n) is 12.9. The van der Waals surface area contributed by atoms with Gasteiger partial charge >= 0.3 is 0 Å². The number of alkyl halides is 2. The number of para-hydroxylation sites is 1. The Morgan fingerprint density at radius 1 is 1.00 bits per heavy atom. The van der Waals surface area contributed by atoms with E-state index in [9.17, 15) is 13.6 Å². The number of aromatic nitrogens is 2.